The van der Waals surface area contributed by atoms with Gasteiger partial charge >= 0.3 is 6.03 Å². The molecule has 0 saturated carbocycles. The van der Waals surface area contributed by atoms with E-state index < -0.39 is 16.1 Å². The van der Waals surface area contributed by atoms with Crippen LogP contribution in [0, 0.1) is 0 Å². The number of sulfonamides is 1. The normalized spacial score (nSPS) is 11.1. The number of alkyl halides is 1. The summed E-state index contributed by atoms with van der Waals surface area (Å²) in [4.78, 5) is 18.6. The third-order valence-corrected chi connectivity index (χ3v) is 3.52. The molecule has 0 aliphatic carbocycles. The fourth-order valence-electron chi connectivity index (χ4n) is 0.867. The summed E-state index contributed by atoms with van der Waals surface area (Å²) in [6.45, 7) is 0. The first-order valence-corrected chi connectivity index (χ1v) is 7.34. The van der Waals surface area contributed by atoms with Crippen LogP contribution in [0.5, 0.6) is 0 Å². The molecule has 0 radical (unpaired) electrons. The Morgan fingerprint density at radius 2 is 1.83 bits per heavy atom. The van der Waals surface area contributed by atoms with Gasteiger partial charge in [0.25, 0.3) is 0 Å². The van der Waals surface area contributed by atoms with E-state index in [0.717, 1.165) is 0 Å². The molecule has 1 heterocycles. The molecule has 0 bridgehead atoms. The molecule has 1 aromatic heterocycles. The lowest BCUT2D eigenvalue weighted by atomic mass is 10.6. The Balaban J connectivity index is 2.71. The molecule has 7 nitrogen and oxygen atoms in total. The van der Waals surface area contributed by atoms with Gasteiger partial charge in [0, 0.05) is 11.9 Å². The molecule has 11 heteroatoms. The molecular formula is C7H7Cl3N4O3S. The molecule has 0 aliphatic rings. The number of nitrogens with zero attached hydrogens (tertiary/aromatic N) is 2. The summed E-state index contributed by atoms with van der Waals surface area (Å²) in [5.41, 5.74) is 0. The van der Waals surface area contributed by atoms with E-state index >= 15 is 0 Å². The van der Waals surface area contributed by atoms with E-state index in [1.807, 2.05) is 0 Å². The Kier molecular flexibility index (Phi) is 5.39. The summed E-state index contributed by atoms with van der Waals surface area (Å²) in [5.74, 6) is -0.743. The average molecular weight is 334 g/mol. The van der Waals surface area contributed by atoms with Crippen LogP contribution < -0.4 is 10.0 Å². The molecule has 0 spiro atoms. The van der Waals surface area contributed by atoms with Crippen molar-refractivity contribution in [1.82, 2.24) is 14.7 Å². The Labute approximate surface area is 118 Å². The fraction of sp³-hybridized carbons (Fsp3) is 0.286. The van der Waals surface area contributed by atoms with Gasteiger partial charge in [-0.05, 0) is 0 Å². The fourth-order valence-corrected chi connectivity index (χ4v) is 2.54. The lowest BCUT2D eigenvalue weighted by Gasteiger charge is -2.06. The highest BCUT2D eigenvalue weighted by Crippen LogP contribution is 2.13. The predicted octanol–water partition coefficient (Wildman–Crippen LogP) is 1.47. The Morgan fingerprint density at radius 3 is 2.33 bits per heavy atom. The van der Waals surface area contributed by atoms with Crippen molar-refractivity contribution in [2.24, 2.45) is 0 Å². The van der Waals surface area contributed by atoms with Crippen LogP contribution in [0.25, 0.3) is 0 Å². The van der Waals surface area contributed by atoms with Crippen molar-refractivity contribution in [2.75, 3.05) is 16.9 Å². The van der Waals surface area contributed by atoms with E-state index in [-0.39, 0.29) is 27.9 Å². The van der Waals surface area contributed by atoms with Crippen LogP contribution in [-0.2, 0) is 10.0 Å². The zero-order chi connectivity index (χ0) is 13.8. The van der Waals surface area contributed by atoms with Crippen LogP contribution in [0.3, 0.4) is 0 Å². The zero-order valence-corrected chi connectivity index (χ0v) is 11.7. The van der Waals surface area contributed by atoms with Crippen LogP contribution in [0.1, 0.15) is 0 Å². The zero-order valence-electron chi connectivity index (χ0n) is 8.65. The van der Waals surface area contributed by atoms with Gasteiger partial charge in [-0.3, -0.25) is 5.32 Å². The number of urea groups is 1. The number of carbonyl (C=O) groups excluding carboxylic acids is 1. The minimum absolute atomic E-state index is 0.00825. The third kappa shape index (κ3) is 5.21. The molecule has 1 aromatic rings. The molecule has 2 N–H and O–H groups in total. The second kappa shape index (κ2) is 6.37. The van der Waals surface area contributed by atoms with E-state index in [0.29, 0.717) is 0 Å². The molecule has 0 fully saturated rings. The SMILES string of the molecule is O=C(Nc1nc(Cl)cc(Cl)n1)NS(=O)(=O)CCCl. The van der Waals surface area contributed by atoms with Crippen molar-refractivity contribution in [3.05, 3.63) is 16.4 Å². The number of hydrogen-bond donors (Lipinski definition) is 2. The van der Waals surface area contributed by atoms with Gasteiger partial charge in [0.15, 0.2) is 0 Å². The van der Waals surface area contributed by atoms with Crippen molar-refractivity contribution in [3.8, 4) is 0 Å². The van der Waals surface area contributed by atoms with Gasteiger partial charge in [-0.15, -0.1) is 11.6 Å². The number of carbonyl (C=O) groups is 1. The van der Waals surface area contributed by atoms with Gasteiger partial charge < -0.3 is 0 Å². The summed E-state index contributed by atoms with van der Waals surface area (Å²) >= 11 is 16.4. The smallest absolute Gasteiger partial charge is 0.275 e. The van der Waals surface area contributed by atoms with Crippen molar-refractivity contribution < 1.29 is 13.2 Å². The topological polar surface area (TPSA) is 101 Å². The first-order valence-electron chi connectivity index (χ1n) is 4.40. The standard InChI is InChI=1S/C7H7Cl3N4O3S/c8-1-2-18(16,17)14-7(15)13-6-11-4(9)3-5(10)12-6/h3H,1-2H2,(H2,11,12,13,14,15). The van der Waals surface area contributed by atoms with Crippen LogP contribution >= 0.6 is 34.8 Å². The summed E-state index contributed by atoms with van der Waals surface area (Å²) in [7, 11) is -3.79. The maximum atomic E-state index is 11.3. The van der Waals surface area contributed by atoms with Gasteiger partial charge in [0.2, 0.25) is 16.0 Å². The molecule has 18 heavy (non-hydrogen) atoms. The van der Waals surface area contributed by atoms with Gasteiger partial charge in [0.05, 0.1) is 5.75 Å². The van der Waals surface area contributed by atoms with E-state index in [1.54, 1.807) is 4.72 Å². The summed E-state index contributed by atoms with van der Waals surface area (Å²) in [5, 5.41) is 2.09. The lowest BCUT2D eigenvalue weighted by molar-refractivity contribution is 0.256. The first-order chi connectivity index (χ1) is 8.32. The summed E-state index contributed by atoms with van der Waals surface area (Å²) in [6, 6.07) is 0.231. The third-order valence-electron chi connectivity index (χ3n) is 1.48. The maximum Gasteiger partial charge on any atom is 0.335 e. The van der Waals surface area contributed by atoms with Gasteiger partial charge in [0.1, 0.15) is 10.3 Å². The monoisotopic (exact) mass is 332 g/mol. The highest BCUT2D eigenvalue weighted by Gasteiger charge is 2.15. The van der Waals surface area contributed by atoms with Crippen molar-refractivity contribution in [1.29, 1.82) is 0 Å². The number of halogens is 3. The van der Waals surface area contributed by atoms with Crippen LogP contribution in [-0.4, -0.2) is 36.0 Å². The van der Waals surface area contributed by atoms with E-state index in [4.69, 9.17) is 34.8 Å². The van der Waals surface area contributed by atoms with Gasteiger partial charge in [-0.1, -0.05) is 23.2 Å². The largest absolute Gasteiger partial charge is 0.335 e. The number of rotatable bonds is 4. The Hall–Kier alpha value is -0.830. The minimum atomic E-state index is -3.79. The van der Waals surface area contributed by atoms with Crippen LogP contribution in [0.4, 0.5) is 10.7 Å². The van der Waals surface area contributed by atoms with Crippen molar-refractivity contribution >= 4 is 56.8 Å². The summed E-state index contributed by atoms with van der Waals surface area (Å²) in [6.07, 6.45) is 0. The average Bonchev–Trinajstić information content (AvgIpc) is 2.13. The molecule has 0 aliphatic heterocycles. The molecule has 1 rings (SSSR count). The second-order valence-corrected chi connectivity index (χ2v) is 5.90. The molecule has 0 unspecified atom stereocenters. The Bertz CT molecular complexity index is 531. The van der Waals surface area contributed by atoms with E-state index in [1.165, 1.54) is 6.07 Å². The Morgan fingerprint density at radius 1 is 1.28 bits per heavy atom. The summed E-state index contributed by atoms with van der Waals surface area (Å²) < 4.78 is 24.1. The van der Waals surface area contributed by atoms with E-state index in [2.05, 4.69) is 15.3 Å². The molecular weight excluding hydrogens is 327 g/mol. The molecule has 100 valence electrons. The highest BCUT2D eigenvalue weighted by molar-refractivity contribution is 7.90. The van der Waals surface area contributed by atoms with Crippen molar-refractivity contribution in [2.45, 2.75) is 0 Å². The van der Waals surface area contributed by atoms with Gasteiger partial charge in [-0.2, -0.15) is 0 Å². The molecule has 0 atom stereocenters. The van der Waals surface area contributed by atoms with E-state index in [9.17, 15) is 13.2 Å². The molecule has 2 amide bonds. The molecule has 0 saturated heterocycles. The van der Waals surface area contributed by atoms with Crippen LogP contribution in [0.15, 0.2) is 6.07 Å². The predicted molar refractivity (Wildman–Crippen MR) is 68.7 cm³/mol. The second-order valence-electron chi connectivity index (χ2n) is 2.90. The van der Waals surface area contributed by atoms with Gasteiger partial charge in [-0.25, -0.2) is 27.9 Å². The quantitative estimate of drug-likeness (QED) is 0.642. The highest BCUT2D eigenvalue weighted by atomic mass is 35.5. The number of nitrogens with one attached hydrogen (secondary N) is 2. The number of amides is 2. The number of hydrogen-bond acceptors (Lipinski definition) is 5. The molecule has 0 aromatic carbocycles. The first kappa shape index (κ1) is 15.2. The van der Waals surface area contributed by atoms with Crippen molar-refractivity contribution in [3.63, 3.8) is 0 Å². The van der Waals surface area contributed by atoms with Crippen LogP contribution in [0.2, 0.25) is 10.3 Å². The lowest BCUT2D eigenvalue weighted by Crippen LogP contribution is -2.36. The minimum Gasteiger partial charge on any atom is -0.275 e. The number of anilines is 1. The maximum absolute atomic E-state index is 11.3. The number of aromatic nitrogens is 2.